The topological polar surface area (TPSA) is 21.3 Å². The molecule has 1 aliphatic heterocycles. The van der Waals surface area contributed by atoms with Crippen molar-refractivity contribution >= 4 is 34.8 Å². The van der Waals surface area contributed by atoms with Crippen LogP contribution < -0.4 is 10.1 Å². The maximum absolute atomic E-state index is 6.22. The number of benzene rings is 1. The minimum Gasteiger partial charge on any atom is -0.492 e. The Balaban J connectivity index is 2.61. The molecule has 0 radical (unpaired) electrons. The third kappa shape index (κ3) is 2.12. The summed E-state index contributed by atoms with van der Waals surface area (Å²) in [7, 11) is 1.89. The Morgan fingerprint density at radius 2 is 2.06 bits per heavy atom. The molecule has 0 aromatic heterocycles. The molecule has 1 aromatic carbocycles. The van der Waals surface area contributed by atoms with Crippen molar-refractivity contribution in [3.8, 4) is 5.75 Å². The highest BCUT2D eigenvalue weighted by molar-refractivity contribution is 6.44. The maximum Gasteiger partial charge on any atom is 0.144 e. The van der Waals surface area contributed by atoms with Gasteiger partial charge in [-0.3, -0.25) is 0 Å². The molecule has 0 saturated carbocycles. The van der Waals surface area contributed by atoms with Crippen molar-refractivity contribution in [3.05, 3.63) is 26.7 Å². The first-order valence-electron chi connectivity index (χ1n) is 5.12. The molecule has 0 saturated heterocycles. The van der Waals surface area contributed by atoms with Gasteiger partial charge in [-0.2, -0.15) is 0 Å². The van der Waals surface area contributed by atoms with Gasteiger partial charge in [0.05, 0.1) is 21.7 Å². The van der Waals surface area contributed by atoms with Crippen LogP contribution in [0.2, 0.25) is 15.1 Å². The Kier molecular flexibility index (Phi) is 3.85. The number of hydrogen-bond acceptors (Lipinski definition) is 2. The molecule has 1 unspecified atom stereocenters. The molecule has 1 atom stereocenters. The molecule has 1 aromatic rings. The van der Waals surface area contributed by atoms with E-state index in [4.69, 9.17) is 39.5 Å². The van der Waals surface area contributed by atoms with Gasteiger partial charge in [-0.25, -0.2) is 0 Å². The van der Waals surface area contributed by atoms with Gasteiger partial charge in [0.1, 0.15) is 5.75 Å². The third-order valence-electron chi connectivity index (χ3n) is 2.74. The van der Waals surface area contributed by atoms with E-state index in [0.29, 0.717) is 27.4 Å². The minimum atomic E-state index is 0.140. The molecule has 0 fully saturated rings. The monoisotopic (exact) mass is 279 g/mol. The fraction of sp³-hybridized carbons (Fsp3) is 0.455. The van der Waals surface area contributed by atoms with Crippen LogP contribution in [-0.4, -0.2) is 13.7 Å². The molecule has 88 valence electrons. The number of nitrogens with one attached hydrogen (secondary N) is 1. The standard InChI is InChI=1S/C11H12Cl3NO/c1-15-8-3-2-4-16-11-7(13)5-6(12)10(14)9(8)11/h5,8,15H,2-4H2,1H3. The Morgan fingerprint density at radius 3 is 2.75 bits per heavy atom. The zero-order chi connectivity index (χ0) is 11.7. The summed E-state index contributed by atoms with van der Waals surface area (Å²) in [5.41, 5.74) is 0.874. The SMILES string of the molecule is CNC1CCCOc2c(Cl)cc(Cl)c(Cl)c21. The summed E-state index contributed by atoms with van der Waals surface area (Å²) in [5.74, 6) is 0.660. The lowest BCUT2D eigenvalue weighted by atomic mass is 10.0. The molecular weight excluding hydrogens is 268 g/mol. The molecule has 1 heterocycles. The predicted molar refractivity (Wildman–Crippen MR) is 68.0 cm³/mol. The van der Waals surface area contributed by atoms with Crippen molar-refractivity contribution in [2.75, 3.05) is 13.7 Å². The predicted octanol–water partition coefficient (Wildman–Crippen LogP) is 4.08. The quantitative estimate of drug-likeness (QED) is 0.783. The summed E-state index contributed by atoms with van der Waals surface area (Å²) in [6, 6.07) is 1.77. The van der Waals surface area contributed by atoms with Crippen LogP contribution in [0.25, 0.3) is 0 Å². The van der Waals surface area contributed by atoms with Crippen molar-refractivity contribution in [3.63, 3.8) is 0 Å². The fourth-order valence-corrected chi connectivity index (χ4v) is 2.75. The summed E-state index contributed by atoms with van der Waals surface area (Å²) in [4.78, 5) is 0. The van der Waals surface area contributed by atoms with Crippen molar-refractivity contribution in [1.82, 2.24) is 5.32 Å². The van der Waals surface area contributed by atoms with Crippen molar-refractivity contribution in [1.29, 1.82) is 0 Å². The maximum atomic E-state index is 6.22. The highest BCUT2D eigenvalue weighted by Crippen LogP contribution is 2.44. The third-order valence-corrected chi connectivity index (χ3v) is 3.82. The van der Waals surface area contributed by atoms with Crippen LogP contribution in [0.15, 0.2) is 6.07 Å². The molecule has 5 heteroatoms. The van der Waals surface area contributed by atoms with Crippen LogP contribution in [0, 0.1) is 0 Å². The average molecular weight is 281 g/mol. The van der Waals surface area contributed by atoms with Crippen molar-refractivity contribution in [2.24, 2.45) is 0 Å². The van der Waals surface area contributed by atoms with E-state index in [1.165, 1.54) is 0 Å². The molecule has 1 N–H and O–H groups in total. The number of ether oxygens (including phenoxy) is 1. The Hall–Kier alpha value is -0.150. The highest BCUT2D eigenvalue weighted by Gasteiger charge is 2.25. The van der Waals surface area contributed by atoms with E-state index in [0.717, 1.165) is 18.4 Å². The van der Waals surface area contributed by atoms with Gasteiger partial charge in [-0.1, -0.05) is 34.8 Å². The second-order valence-electron chi connectivity index (χ2n) is 3.73. The van der Waals surface area contributed by atoms with Crippen LogP contribution in [0.4, 0.5) is 0 Å². The van der Waals surface area contributed by atoms with Crippen LogP contribution in [0.5, 0.6) is 5.75 Å². The second kappa shape index (κ2) is 5.01. The largest absolute Gasteiger partial charge is 0.492 e. The van der Waals surface area contributed by atoms with Crippen molar-refractivity contribution < 1.29 is 4.74 Å². The molecular formula is C11H12Cl3NO. The Labute approximate surface area is 110 Å². The smallest absolute Gasteiger partial charge is 0.144 e. The summed E-state index contributed by atoms with van der Waals surface area (Å²) >= 11 is 18.4. The van der Waals surface area contributed by atoms with Gasteiger partial charge in [0.25, 0.3) is 0 Å². The van der Waals surface area contributed by atoms with Gasteiger partial charge < -0.3 is 10.1 Å². The average Bonchev–Trinajstić information content (AvgIpc) is 2.48. The number of hydrogen-bond donors (Lipinski definition) is 1. The first kappa shape index (κ1) is 12.3. The summed E-state index contributed by atoms with van der Waals surface area (Å²) in [6.45, 7) is 0.656. The van der Waals surface area contributed by atoms with E-state index in [1.807, 2.05) is 7.05 Å². The van der Waals surface area contributed by atoms with Gasteiger partial charge in [0, 0.05) is 11.6 Å². The first-order valence-corrected chi connectivity index (χ1v) is 6.26. The lowest BCUT2D eigenvalue weighted by Gasteiger charge is -2.19. The zero-order valence-electron chi connectivity index (χ0n) is 8.82. The van der Waals surface area contributed by atoms with Crippen LogP contribution in [0.3, 0.4) is 0 Å². The molecule has 16 heavy (non-hydrogen) atoms. The van der Waals surface area contributed by atoms with E-state index >= 15 is 0 Å². The Bertz CT molecular complexity index is 409. The molecule has 1 aliphatic rings. The molecule has 2 nitrogen and oxygen atoms in total. The van der Waals surface area contributed by atoms with E-state index in [1.54, 1.807) is 6.07 Å². The van der Waals surface area contributed by atoms with Crippen LogP contribution >= 0.6 is 34.8 Å². The lowest BCUT2D eigenvalue weighted by Crippen LogP contribution is -2.16. The summed E-state index contributed by atoms with van der Waals surface area (Å²) in [5, 5.41) is 4.73. The van der Waals surface area contributed by atoms with E-state index < -0.39 is 0 Å². The Morgan fingerprint density at radius 1 is 1.31 bits per heavy atom. The normalized spacial score (nSPS) is 19.9. The summed E-state index contributed by atoms with van der Waals surface area (Å²) < 4.78 is 5.63. The fourth-order valence-electron chi connectivity index (χ4n) is 1.95. The molecule has 0 amide bonds. The van der Waals surface area contributed by atoms with Gasteiger partial charge in [0.15, 0.2) is 0 Å². The van der Waals surface area contributed by atoms with E-state index in [2.05, 4.69) is 5.32 Å². The molecule has 2 rings (SSSR count). The van der Waals surface area contributed by atoms with Crippen LogP contribution in [-0.2, 0) is 0 Å². The van der Waals surface area contributed by atoms with E-state index in [-0.39, 0.29) is 6.04 Å². The zero-order valence-corrected chi connectivity index (χ0v) is 11.1. The van der Waals surface area contributed by atoms with Gasteiger partial charge >= 0.3 is 0 Å². The lowest BCUT2D eigenvalue weighted by molar-refractivity contribution is 0.315. The first-order chi connectivity index (χ1) is 7.65. The molecule has 0 aliphatic carbocycles. The van der Waals surface area contributed by atoms with Gasteiger partial charge in [-0.05, 0) is 26.0 Å². The van der Waals surface area contributed by atoms with Crippen LogP contribution in [0.1, 0.15) is 24.4 Å². The van der Waals surface area contributed by atoms with Gasteiger partial charge in [-0.15, -0.1) is 0 Å². The number of fused-ring (bicyclic) bond motifs is 1. The second-order valence-corrected chi connectivity index (χ2v) is 4.92. The minimum absolute atomic E-state index is 0.140. The summed E-state index contributed by atoms with van der Waals surface area (Å²) in [6.07, 6.45) is 1.92. The highest BCUT2D eigenvalue weighted by atomic mass is 35.5. The van der Waals surface area contributed by atoms with E-state index in [9.17, 15) is 0 Å². The molecule has 0 spiro atoms. The number of halogens is 3. The van der Waals surface area contributed by atoms with Gasteiger partial charge in [0.2, 0.25) is 0 Å². The van der Waals surface area contributed by atoms with Crippen molar-refractivity contribution in [2.45, 2.75) is 18.9 Å². The number of rotatable bonds is 1. The molecule has 0 bridgehead atoms.